The molecule has 1 aromatic carbocycles. The lowest BCUT2D eigenvalue weighted by Crippen LogP contribution is -2.19. The van der Waals surface area contributed by atoms with Gasteiger partial charge in [0, 0.05) is 0 Å². The summed E-state index contributed by atoms with van der Waals surface area (Å²) in [4.78, 5) is 22.7. The summed E-state index contributed by atoms with van der Waals surface area (Å²) in [7, 11) is 2.46. The number of benzene rings is 1. The van der Waals surface area contributed by atoms with Crippen molar-refractivity contribution in [1.82, 2.24) is 0 Å². The number of anilines is 1. The Morgan fingerprint density at radius 1 is 1.45 bits per heavy atom. The van der Waals surface area contributed by atoms with Crippen LogP contribution in [-0.2, 0) is 4.79 Å². The summed E-state index contributed by atoms with van der Waals surface area (Å²) >= 11 is 0. The fraction of sp³-hybridized carbons (Fsp3) is 0.250. The minimum atomic E-state index is -1.01. The van der Waals surface area contributed by atoms with Crippen LogP contribution in [0.4, 0.5) is 10.1 Å². The third kappa shape index (κ3) is 2.95. The predicted octanol–water partition coefficient (Wildman–Crippen LogP) is 0.794. The average Bonchev–Trinajstić information content (AvgIpc) is 2.40. The molecule has 8 heteroatoms. The third-order valence-electron chi connectivity index (χ3n) is 2.38. The smallest absolute Gasteiger partial charge is 0.251 e. The SMILES string of the molecule is COc1cc(C(N)=O)c(NC(=O)CC#N)c(F)c1OC. The van der Waals surface area contributed by atoms with Gasteiger partial charge in [0.25, 0.3) is 5.91 Å². The molecule has 3 N–H and O–H groups in total. The zero-order chi connectivity index (χ0) is 15.3. The van der Waals surface area contributed by atoms with Gasteiger partial charge < -0.3 is 20.5 Å². The molecule has 1 aromatic rings. The summed E-state index contributed by atoms with van der Waals surface area (Å²) in [5.74, 6) is -3.08. The number of nitrogens with one attached hydrogen (secondary N) is 1. The summed E-state index contributed by atoms with van der Waals surface area (Å²) in [5.41, 5.74) is 4.40. The molecule has 0 aromatic heterocycles. The monoisotopic (exact) mass is 281 g/mol. The Morgan fingerprint density at radius 2 is 2.10 bits per heavy atom. The summed E-state index contributed by atoms with van der Waals surface area (Å²) in [5, 5.41) is 10.5. The van der Waals surface area contributed by atoms with Crippen LogP contribution in [0.25, 0.3) is 0 Å². The quantitative estimate of drug-likeness (QED) is 0.828. The fourth-order valence-electron chi connectivity index (χ4n) is 1.52. The largest absolute Gasteiger partial charge is 0.493 e. The van der Waals surface area contributed by atoms with E-state index in [0.29, 0.717) is 0 Å². The van der Waals surface area contributed by atoms with Gasteiger partial charge in [-0.1, -0.05) is 0 Å². The van der Waals surface area contributed by atoms with Crippen LogP contribution in [0, 0.1) is 17.1 Å². The van der Waals surface area contributed by atoms with Crippen molar-refractivity contribution in [1.29, 1.82) is 5.26 Å². The normalized spacial score (nSPS) is 9.50. The van der Waals surface area contributed by atoms with Crippen molar-refractivity contribution in [2.45, 2.75) is 6.42 Å². The van der Waals surface area contributed by atoms with E-state index < -0.39 is 29.7 Å². The number of amides is 2. The maximum atomic E-state index is 14.2. The number of ether oxygens (including phenoxy) is 2. The van der Waals surface area contributed by atoms with E-state index in [2.05, 4.69) is 5.32 Å². The minimum Gasteiger partial charge on any atom is -0.493 e. The highest BCUT2D eigenvalue weighted by molar-refractivity contribution is 6.04. The van der Waals surface area contributed by atoms with E-state index >= 15 is 0 Å². The van der Waals surface area contributed by atoms with Crippen molar-refractivity contribution >= 4 is 17.5 Å². The standard InChI is InChI=1S/C12H12FN3O4/c1-19-7-5-6(12(15)18)10(9(13)11(7)20-2)16-8(17)3-4-14/h5H,3H2,1-2H3,(H2,15,18)(H,16,17). The van der Waals surface area contributed by atoms with Crippen LogP contribution in [0.3, 0.4) is 0 Å². The summed E-state index contributed by atoms with van der Waals surface area (Å²) < 4.78 is 23.9. The molecule has 0 saturated heterocycles. The number of nitrogens with zero attached hydrogens (tertiary/aromatic N) is 1. The van der Waals surface area contributed by atoms with Crippen molar-refractivity contribution in [3.63, 3.8) is 0 Å². The molecule has 1 rings (SSSR count). The Morgan fingerprint density at radius 3 is 2.55 bits per heavy atom. The number of halogens is 1. The number of hydrogen-bond acceptors (Lipinski definition) is 5. The van der Waals surface area contributed by atoms with E-state index in [-0.39, 0.29) is 17.1 Å². The zero-order valence-electron chi connectivity index (χ0n) is 10.8. The van der Waals surface area contributed by atoms with Gasteiger partial charge in [-0.2, -0.15) is 5.26 Å². The van der Waals surface area contributed by atoms with Crippen molar-refractivity contribution in [2.75, 3.05) is 19.5 Å². The predicted molar refractivity (Wildman–Crippen MR) is 66.9 cm³/mol. The number of methoxy groups -OCH3 is 2. The highest BCUT2D eigenvalue weighted by Crippen LogP contribution is 2.37. The van der Waals surface area contributed by atoms with Gasteiger partial charge in [0.2, 0.25) is 5.91 Å². The first-order valence-electron chi connectivity index (χ1n) is 5.37. The lowest BCUT2D eigenvalue weighted by molar-refractivity contribution is -0.115. The first-order chi connectivity index (χ1) is 9.46. The van der Waals surface area contributed by atoms with Crippen LogP contribution in [0.15, 0.2) is 6.07 Å². The highest BCUT2D eigenvalue weighted by atomic mass is 19.1. The van der Waals surface area contributed by atoms with Gasteiger partial charge in [-0.05, 0) is 6.07 Å². The Balaban J connectivity index is 3.43. The Hall–Kier alpha value is -2.82. The molecular weight excluding hydrogens is 269 g/mol. The van der Waals surface area contributed by atoms with E-state index in [9.17, 15) is 14.0 Å². The molecule has 2 amide bonds. The van der Waals surface area contributed by atoms with Crippen molar-refractivity contribution < 1.29 is 23.5 Å². The second-order valence-corrected chi connectivity index (χ2v) is 3.60. The van der Waals surface area contributed by atoms with Crippen molar-refractivity contribution in [3.05, 3.63) is 17.4 Å². The maximum Gasteiger partial charge on any atom is 0.251 e. The summed E-state index contributed by atoms with van der Waals surface area (Å²) in [6.07, 6.45) is -0.494. The van der Waals surface area contributed by atoms with E-state index in [0.717, 1.165) is 6.07 Å². The average molecular weight is 281 g/mol. The van der Waals surface area contributed by atoms with E-state index in [1.807, 2.05) is 0 Å². The van der Waals surface area contributed by atoms with Gasteiger partial charge >= 0.3 is 0 Å². The molecule has 0 bridgehead atoms. The molecule has 0 radical (unpaired) electrons. The zero-order valence-corrected chi connectivity index (χ0v) is 10.8. The number of primary amides is 1. The highest BCUT2D eigenvalue weighted by Gasteiger charge is 2.23. The molecule has 0 aliphatic rings. The number of nitrogens with two attached hydrogens (primary N) is 1. The summed E-state index contributed by atoms with van der Waals surface area (Å²) in [6, 6.07) is 2.75. The molecule has 0 unspecified atom stereocenters. The molecular formula is C12H12FN3O4. The maximum absolute atomic E-state index is 14.2. The molecule has 106 valence electrons. The van der Waals surface area contributed by atoms with Gasteiger partial charge in [-0.3, -0.25) is 9.59 Å². The van der Waals surface area contributed by atoms with Crippen LogP contribution >= 0.6 is 0 Å². The third-order valence-corrected chi connectivity index (χ3v) is 2.38. The Labute approximate surface area is 114 Å². The van der Waals surface area contributed by atoms with E-state index in [4.69, 9.17) is 20.5 Å². The minimum absolute atomic E-state index is 0.0444. The molecule has 0 heterocycles. The van der Waals surface area contributed by atoms with Crippen molar-refractivity contribution in [2.24, 2.45) is 5.73 Å². The molecule has 0 aliphatic heterocycles. The molecule has 20 heavy (non-hydrogen) atoms. The second-order valence-electron chi connectivity index (χ2n) is 3.60. The number of carbonyl (C=O) groups is 2. The second kappa shape index (κ2) is 6.38. The number of nitriles is 1. The summed E-state index contributed by atoms with van der Waals surface area (Å²) in [6.45, 7) is 0. The molecule has 0 fully saturated rings. The van der Waals surface area contributed by atoms with E-state index in [1.54, 1.807) is 6.07 Å². The Bertz CT molecular complexity index is 595. The number of carbonyl (C=O) groups excluding carboxylic acids is 2. The van der Waals surface area contributed by atoms with Crippen LogP contribution in [0.2, 0.25) is 0 Å². The molecule has 7 nitrogen and oxygen atoms in total. The van der Waals surface area contributed by atoms with Crippen LogP contribution in [0.5, 0.6) is 11.5 Å². The Kier molecular flexibility index (Phi) is 4.86. The molecule has 0 aliphatic carbocycles. The van der Waals surface area contributed by atoms with E-state index in [1.165, 1.54) is 14.2 Å². The fourth-order valence-corrected chi connectivity index (χ4v) is 1.52. The van der Waals surface area contributed by atoms with Crippen LogP contribution in [-0.4, -0.2) is 26.0 Å². The lowest BCUT2D eigenvalue weighted by atomic mass is 10.1. The first-order valence-corrected chi connectivity index (χ1v) is 5.37. The van der Waals surface area contributed by atoms with Gasteiger partial charge in [-0.15, -0.1) is 0 Å². The topological polar surface area (TPSA) is 114 Å². The lowest BCUT2D eigenvalue weighted by Gasteiger charge is -2.15. The van der Waals surface area contributed by atoms with Gasteiger partial charge in [0.15, 0.2) is 17.3 Å². The molecule has 0 atom stereocenters. The number of rotatable bonds is 5. The van der Waals surface area contributed by atoms with Gasteiger partial charge in [0.1, 0.15) is 6.42 Å². The number of hydrogen-bond donors (Lipinski definition) is 2. The first kappa shape index (κ1) is 15.2. The van der Waals surface area contributed by atoms with Crippen LogP contribution in [0.1, 0.15) is 16.8 Å². The molecule has 0 saturated carbocycles. The van der Waals surface area contributed by atoms with Crippen molar-refractivity contribution in [3.8, 4) is 17.6 Å². The van der Waals surface area contributed by atoms with Gasteiger partial charge in [0.05, 0.1) is 31.5 Å². The van der Waals surface area contributed by atoms with Gasteiger partial charge in [-0.25, -0.2) is 4.39 Å². The molecule has 0 spiro atoms. The van der Waals surface area contributed by atoms with Crippen LogP contribution < -0.4 is 20.5 Å².